The van der Waals surface area contributed by atoms with Crippen molar-refractivity contribution < 1.29 is 0 Å². The molecule has 1 saturated heterocycles. The molecule has 0 spiro atoms. The predicted octanol–water partition coefficient (Wildman–Crippen LogP) is 1.23. The Morgan fingerprint density at radius 2 is 2.47 bits per heavy atom. The van der Waals surface area contributed by atoms with E-state index in [1.54, 1.807) is 6.33 Å². The van der Waals surface area contributed by atoms with Crippen molar-refractivity contribution in [1.82, 2.24) is 20.1 Å². The molecular formula is C11H20N4. The maximum atomic E-state index is 4.33. The van der Waals surface area contributed by atoms with Crippen LogP contribution in [0, 0.1) is 5.92 Å². The minimum atomic E-state index is 0.577. The van der Waals surface area contributed by atoms with Crippen LogP contribution >= 0.6 is 0 Å². The van der Waals surface area contributed by atoms with Crippen LogP contribution in [0.5, 0.6) is 0 Å². The summed E-state index contributed by atoms with van der Waals surface area (Å²) in [7, 11) is 0. The van der Waals surface area contributed by atoms with Crippen LogP contribution in [0.15, 0.2) is 6.33 Å². The van der Waals surface area contributed by atoms with Gasteiger partial charge in [-0.05, 0) is 32.2 Å². The third-order valence-corrected chi connectivity index (χ3v) is 3.33. The van der Waals surface area contributed by atoms with Crippen LogP contribution < -0.4 is 5.32 Å². The first-order valence-electron chi connectivity index (χ1n) is 5.91. The van der Waals surface area contributed by atoms with Crippen molar-refractivity contribution in [3.05, 3.63) is 12.2 Å². The zero-order valence-electron chi connectivity index (χ0n) is 9.61. The number of rotatable bonds is 3. The number of aromatic nitrogens is 3. The number of piperidine rings is 1. The SMILES string of the molecule is CCn1ncnc1CC1NCCCC1C. The fraction of sp³-hybridized carbons (Fsp3) is 0.818. The molecule has 1 aromatic heterocycles. The summed E-state index contributed by atoms with van der Waals surface area (Å²) >= 11 is 0. The third-order valence-electron chi connectivity index (χ3n) is 3.33. The Kier molecular flexibility index (Phi) is 3.36. The Hall–Kier alpha value is -0.900. The Morgan fingerprint density at radius 1 is 1.60 bits per heavy atom. The molecule has 0 aliphatic carbocycles. The highest BCUT2D eigenvalue weighted by molar-refractivity contribution is 4.92. The van der Waals surface area contributed by atoms with Gasteiger partial charge in [0.05, 0.1) is 0 Å². The van der Waals surface area contributed by atoms with Gasteiger partial charge in [0.1, 0.15) is 12.2 Å². The van der Waals surface area contributed by atoms with E-state index in [0.717, 1.165) is 31.3 Å². The van der Waals surface area contributed by atoms with E-state index in [1.165, 1.54) is 12.8 Å². The quantitative estimate of drug-likeness (QED) is 0.812. The van der Waals surface area contributed by atoms with E-state index in [4.69, 9.17) is 0 Å². The second kappa shape index (κ2) is 4.75. The fourth-order valence-electron chi connectivity index (χ4n) is 2.29. The molecule has 15 heavy (non-hydrogen) atoms. The van der Waals surface area contributed by atoms with Crippen LogP contribution in [-0.2, 0) is 13.0 Å². The molecule has 4 nitrogen and oxygen atoms in total. The van der Waals surface area contributed by atoms with Gasteiger partial charge in [-0.25, -0.2) is 4.98 Å². The zero-order valence-corrected chi connectivity index (χ0v) is 9.61. The first-order valence-corrected chi connectivity index (χ1v) is 5.91. The lowest BCUT2D eigenvalue weighted by Gasteiger charge is -2.29. The average Bonchev–Trinajstić information content (AvgIpc) is 2.69. The normalized spacial score (nSPS) is 26.8. The minimum Gasteiger partial charge on any atom is -0.313 e. The van der Waals surface area contributed by atoms with Crippen LogP contribution in [0.3, 0.4) is 0 Å². The highest BCUT2D eigenvalue weighted by atomic mass is 15.3. The van der Waals surface area contributed by atoms with Gasteiger partial charge in [-0.15, -0.1) is 0 Å². The number of hydrogen-bond acceptors (Lipinski definition) is 3. The highest BCUT2D eigenvalue weighted by Crippen LogP contribution is 2.18. The Morgan fingerprint density at radius 3 is 3.20 bits per heavy atom. The summed E-state index contributed by atoms with van der Waals surface area (Å²) in [5.41, 5.74) is 0. The first-order chi connectivity index (χ1) is 7.31. The lowest BCUT2D eigenvalue weighted by molar-refractivity contribution is 0.292. The first kappa shape index (κ1) is 10.6. The molecule has 0 bridgehead atoms. The van der Waals surface area contributed by atoms with Crippen molar-refractivity contribution in [2.24, 2.45) is 5.92 Å². The van der Waals surface area contributed by atoms with E-state index in [0.29, 0.717) is 6.04 Å². The number of hydrogen-bond donors (Lipinski definition) is 1. The van der Waals surface area contributed by atoms with E-state index in [9.17, 15) is 0 Å². The van der Waals surface area contributed by atoms with E-state index in [2.05, 4.69) is 29.2 Å². The monoisotopic (exact) mass is 208 g/mol. The Balaban J connectivity index is 2.01. The molecule has 1 aromatic rings. The molecule has 1 N–H and O–H groups in total. The summed E-state index contributed by atoms with van der Waals surface area (Å²) in [5.74, 6) is 1.87. The summed E-state index contributed by atoms with van der Waals surface area (Å²) < 4.78 is 1.99. The Labute approximate surface area is 91.1 Å². The topological polar surface area (TPSA) is 42.7 Å². The van der Waals surface area contributed by atoms with Crippen molar-refractivity contribution in [2.45, 2.75) is 45.7 Å². The standard InChI is InChI=1S/C11H20N4/c1-3-15-11(13-8-14-15)7-10-9(2)5-4-6-12-10/h8-10,12H,3-7H2,1-2H3. The van der Waals surface area contributed by atoms with Gasteiger partial charge in [-0.3, -0.25) is 4.68 Å². The summed E-state index contributed by atoms with van der Waals surface area (Å²) in [6, 6.07) is 0.577. The maximum absolute atomic E-state index is 4.33. The van der Waals surface area contributed by atoms with Gasteiger partial charge in [0, 0.05) is 19.0 Å². The second-order valence-corrected chi connectivity index (χ2v) is 4.38. The molecule has 0 amide bonds. The van der Waals surface area contributed by atoms with Crippen molar-refractivity contribution in [3.63, 3.8) is 0 Å². The summed E-state index contributed by atoms with van der Waals surface area (Å²) in [5, 5.41) is 7.78. The van der Waals surface area contributed by atoms with Crippen LogP contribution in [0.1, 0.15) is 32.5 Å². The molecule has 0 aromatic carbocycles. The second-order valence-electron chi connectivity index (χ2n) is 4.38. The molecule has 84 valence electrons. The van der Waals surface area contributed by atoms with Gasteiger partial charge < -0.3 is 5.32 Å². The minimum absolute atomic E-state index is 0.577. The van der Waals surface area contributed by atoms with Crippen molar-refractivity contribution >= 4 is 0 Å². The van der Waals surface area contributed by atoms with Crippen LogP contribution in [0.4, 0.5) is 0 Å². The van der Waals surface area contributed by atoms with Gasteiger partial charge in [0.2, 0.25) is 0 Å². The van der Waals surface area contributed by atoms with Gasteiger partial charge in [-0.1, -0.05) is 6.92 Å². The molecule has 2 atom stereocenters. The highest BCUT2D eigenvalue weighted by Gasteiger charge is 2.22. The van der Waals surface area contributed by atoms with Crippen LogP contribution in [-0.4, -0.2) is 27.4 Å². The molecule has 1 fully saturated rings. The third kappa shape index (κ3) is 2.37. The van der Waals surface area contributed by atoms with Gasteiger partial charge in [0.15, 0.2) is 0 Å². The summed E-state index contributed by atoms with van der Waals surface area (Å²) in [6.07, 6.45) is 5.30. The zero-order chi connectivity index (χ0) is 10.7. The summed E-state index contributed by atoms with van der Waals surface area (Å²) in [4.78, 5) is 4.33. The molecule has 1 aliphatic rings. The van der Waals surface area contributed by atoms with Gasteiger partial charge in [-0.2, -0.15) is 5.10 Å². The average molecular weight is 208 g/mol. The molecule has 0 radical (unpaired) electrons. The van der Waals surface area contributed by atoms with Crippen LogP contribution in [0.2, 0.25) is 0 Å². The molecule has 2 rings (SSSR count). The number of nitrogens with one attached hydrogen (secondary N) is 1. The van der Waals surface area contributed by atoms with Crippen molar-refractivity contribution in [3.8, 4) is 0 Å². The molecule has 4 heteroatoms. The Bertz CT molecular complexity index is 307. The number of nitrogens with zero attached hydrogens (tertiary/aromatic N) is 3. The van der Waals surface area contributed by atoms with Crippen LogP contribution in [0.25, 0.3) is 0 Å². The lowest BCUT2D eigenvalue weighted by atomic mass is 9.90. The molecule has 2 heterocycles. The maximum Gasteiger partial charge on any atom is 0.138 e. The van der Waals surface area contributed by atoms with Crippen molar-refractivity contribution in [2.75, 3.05) is 6.54 Å². The molecule has 1 aliphatic heterocycles. The van der Waals surface area contributed by atoms with E-state index < -0.39 is 0 Å². The molecule has 2 unspecified atom stereocenters. The van der Waals surface area contributed by atoms with E-state index in [-0.39, 0.29) is 0 Å². The lowest BCUT2D eigenvalue weighted by Crippen LogP contribution is -2.42. The fourth-order valence-corrected chi connectivity index (χ4v) is 2.29. The van der Waals surface area contributed by atoms with Gasteiger partial charge in [0.25, 0.3) is 0 Å². The van der Waals surface area contributed by atoms with E-state index in [1.807, 2.05) is 4.68 Å². The predicted molar refractivity (Wildman–Crippen MR) is 59.6 cm³/mol. The van der Waals surface area contributed by atoms with Crippen molar-refractivity contribution in [1.29, 1.82) is 0 Å². The summed E-state index contributed by atoms with van der Waals surface area (Å²) in [6.45, 7) is 6.49. The molecule has 0 saturated carbocycles. The van der Waals surface area contributed by atoms with E-state index >= 15 is 0 Å². The number of aryl methyl sites for hydroxylation is 1. The van der Waals surface area contributed by atoms with Gasteiger partial charge >= 0.3 is 0 Å². The smallest absolute Gasteiger partial charge is 0.138 e. The molecular weight excluding hydrogens is 188 g/mol. The largest absolute Gasteiger partial charge is 0.313 e.